The van der Waals surface area contributed by atoms with Gasteiger partial charge in [-0.1, -0.05) is 125 Å². The lowest BCUT2D eigenvalue weighted by Crippen LogP contribution is -2.57. The molecule has 0 saturated heterocycles. The van der Waals surface area contributed by atoms with E-state index in [0.29, 0.717) is 0 Å². The lowest BCUT2D eigenvalue weighted by atomic mass is 9.44. The standard InChI is InChI=1S/C76H67BN2O2/c1-5-75(38-43-19-20-44(27-43)39-75)52-22-25-63-57(34-52)59-35-53(76-40-45-28-46(41-76)30-47(29-45)42-76)36-61-68-69-65(37-60-54-17-11-12-18-66(54)80-72(60)68)78(62-24-21-51(74(2,3)4)33-56(62)48-13-7-6-8-14-48)64-26-23-55-58-31-49-15-9-10-16-50(49)32-67(58)81-73(55)70(64)77(69)79(63)71(59)61/h6-18,21-26,31-37,43-47H,5,19-20,27-30,38-42H2,1-4H3. The number of nitrogens with zero attached hydrogens (tertiary/aromatic N) is 2. The van der Waals surface area contributed by atoms with E-state index >= 15 is 0 Å². The van der Waals surface area contributed by atoms with Crippen molar-refractivity contribution >= 4 is 111 Å². The Morgan fingerprint density at radius 3 is 1.96 bits per heavy atom. The first kappa shape index (κ1) is 46.1. The molecule has 6 aliphatic carbocycles. The third kappa shape index (κ3) is 6.23. The fourth-order valence-electron chi connectivity index (χ4n) is 19.6. The highest BCUT2D eigenvalue weighted by molar-refractivity contribution is 6.92. The van der Waals surface area contributed by atoms with Gasteiger partial charge in [-0.3, -0.25) is 0 Å². The third-order valence-electron chi connectivity index (χ3n) is 22.8. The van der Waals surface area contributed by atoms with Crippen LogP contribution in [0.4, 0.5) is 17.1 Å². The van der Waals surface area contributed by atoms with Gasteiger partial charge in [0.15, 0.2) is 0 Å². The summed E-state index contributed by atoms with van der Waals surface area (Å²) in [4.78, 5) is 2.65. The van der Waals surface area contributed by atoms with Crippen LogP contribution in [-0.2, 0) is 16.2 Å². The summed E-state index contributed by atoms with van der Waals surface area (Å²) >= 11 is 0. The molecule has 2 aliphatic heterocycles. The van der Waals surface area contributed by atoms with E-state index in [0.717, 1.165) is 79.5 Å². The van der Waals surface area contributed by atoms with Gasteiger partial charge in [-0.05, 0) is 221 Å². The molecule has 5 heteroatoms. The van der Waals surface area contributed by atoms with Crippen LogP contribution in [0.25, 0.3) is 98.7 Å². The van der Waals surface area contributed by atoms with Crippen molar-refractivity contribution in [3.05, 3.63) is 174 Å². The molecule has 81 heavy (non-hydrogen) atoms. The lowest BCUT2D eigenvalue weighted by Gasteiger charge is -2.57. The van der Waals surface area contributed by atoms with E-state index in [1.54, 1.807) is 11.1 Å². The van der Waals surface area contributed by atoms with Gasteiger partial charge >= 0.3 is 6.85 Å². The van der Waals surface area contributed by atoms with Crippen molar-refractivity contribution < 1.29 is 8.83 Å². The summed E-state index contributed by atoms with van der Waals surface area (Å²) in [6.07, 6.45) is 16.3. The van der Waals surface area contributed by atoms with Crippen LogP contribution in [0.2, 0.25) is 0 Å². The summed E-state index contributed by atoms with van der Waals surface area (Å²) in [5.41, 5.74) is 22.4. The molecule has 3 aromatic heterocycles. The van der Waals surface area contributed by atoms with Crippen molar-refractivity contribution in [1.29, 1.82) is 0 Å². The number of para-hydroxylation sites is 1. The molecule has 2 atom stereocenters. The Morgan fingerprint density at radius 1 is 0.506 bits per heavy atom. The Bertz CT molecular complexity index is 4690. The van der Waals surface area contributed by atoms with Crippen molar-refractivity contribution in [3.63, 3.8) is 0 Å². The minimum Gasteiger partial charge on any atom is -0.456 e. The average Bonchev–Trinajstić information content (AvgIpc) is 4.15. The van der Waals surface area contributed by atoms with Gasteiger partial charge in [0.2, 0.25) is 0 Å². The van der Waals surface area contributed by atoms with E-state index in [-0.39, 0.29) is 23.1 Å². The van der Waals surface area contributed by atoms with Crippen molar-refractivity contribution in [2.24, 2.45) is 29.6 Å². The van der Waals surface area contributed by atoms with Crippen LogP contribution >= 0.6 is 0 Å². The Balaban J connectivity index is 0.989. The first-order valence-corrected chi connectivity index (χ1v) is 31.1. The second-order valence-electron chi connectivity index (χ2n) is 28.2. The molecule has 0 spiro atoms. The number of anilines is 3. The first-order chi connectivity index (χ1) is 39.6. The number of aromatic nitrogens is 1. The zero-order valence-electron chi connectivity index (χ0n) is 47.2. The fourth-order valence-corrected chi connectivity index (χ4v) is 19.6. The van der Waals surface area contributed by atoms with Crippen LogP contribution in [0.15, 0.2) is 167 Å². The Morgan fingerprint density at radius 2 is 1.20 bits per heavy atom. The van der Waals surface area contributed by atoms with Gasteiger partial charge < -0.3 is 18.2 Å². The van der Waals surface area contributed by atoms with Gasteiger partial charge in [-0.2, -0.15) is 0 Å². The second kappa shape index (κ2) is 15.9. The third-order valence-corrected chi connectivity index (χ3v) is 22.8. The molecule has 6 fully saturated rings. The maximum absolute atomic E-state index is 7.59. The summed E-state index contributed by atoms with van der Waals surface area (Å²) in [6.45, 7) is 9.29. The predicted molar refractivity (Wildman–Crippen MR) is 338 cm³/mol. The maximum Gasteiger partial charge on any atom is 0.337 e. The highest BCUT2D eigenvalue weighted by atomic mass is 16.3. The molecule has 4 nitrogen and oxygen atoms in total. The topological polar surface area (TPSA) is 34.5 Å². The molecule has 5 heterocycles. The zero-order chi connectivity index (χ0) is 53.4. The molecule has 20 rings (SSSR count). The summed E-state index contributed by atoms with van der Waals surface area (Å²) in [5.74, 6) is 4.17. The molecule has 6 bridgehead atoms. The largest absolute Gasteiger partial charge is 0.456 e. The molecule has 9 aromatic carbocycles. The number of furan rings is 2. The highest BCUT2D eigenvalue weighted by Gasteiger charge is 2.53. The number of benzene rings is 9. The summed E-state index contributed by atoms with van der Waals surface area (Å²) in [7, 11) is 0. The van der Waals surface area contributed by atoms with Crippen LogP contribution in [-0.4, -0.2) is 11.3 Å². The SMILES string of the molecule is CCC1(c2ccc3c(c2)c2cc(C45CC6CC(CC(C6)C4)C5)cc4c2n3B2c3c(cc5c(oc6ccccc65)c3-4)N(c3ccc(C(C)(C)C)cc3-c3ccccc3)c3ccc4c(oc5cc6ccccc6cc54)c32)CC2CCC(C2)C1. The van der Waals surface area contributed by atoms with E-state index in [1.807, 2.05) is 0 Å². The van der Waals surface area contributed by atoms with Crippen LogP contribution < -0.4 is 15.8 Å². The van der Waals surface area contributed by atoms with Crippen molar-refractivity contribution in [2.75, 3.05) is 4.90 Å². The number of hydrogen-bond acceptors (Lipinski definition) is 3. The van der Waals surface area contributed by atoms with Gasteiger partial charge in [0, 0.05) is 76.9 Å². The van der Waals surface area contributed by atoms with Gasteiger partial charge in [-0.15, -0.1) is 0 Å². The summed E-state index contributed by atoms with van der Waals surface area (Å²) < 4.78 is 17.9. The lowest BCUT2D eigenvalue weighted by molar-refractivity contribution is -0.00511. The van der Waals surface area contributed by atoms with E-state index in [9.17, 15) is 0 Å². The molecule has 0 radical (unpaired) electrons. The van der Waals surface area contributed by atoms with Crippen molar-refractivity contribution in [2.45, 2.75) is 121 Å². The molecule has 8 aliphatic rings. The summed E-state index contributed by atoms with van der Waals surface area (Å²) in [6, 6.07) is 61.5. The molecular weight excluding hydrogens is 984 g/mol. The van der Waals surface area contributed by atoms with E-state index in [1.165, 1.54) is 159 Å². The van der Waals surface area contributed by atoms with Gasteiger partial charge in [0.1, 0.15) is 22.3 Å². The van der Waals surface area contributed by atoms with E-state index < -0.39 is 0 Å². The zero-order valence-corrected chi connectivity index (χ0v) is 47.2. The van der Waals surface area contributed by atoms with Crippen molar-refractivity contribution in [1.82, 2.24) is 4.48 Å². The average molecular weight is 1050 g/mol. The minimum absolute atomic E-state index is 0.0586. The van der Waals surface area contributed by atoms with Crippen LogP contribution in [0.1, 0.15) is 121 Å². The van der Waals surface area contributed by atoms with Crippen LogP contribution in [0.3, 0.4) is 0 Å². The maximum atomic E-state index is 7.59. The minimum atomic E-state index is -0.235. The number of fused-ring (bicyclic) bond motifs is 18. The van der Waals surface area contributed by atoms with E-state index in [4.69, 9.17) is 8.83 Å². The van der Waals surface area contributed by atoms with Crippen LogP contribution in [0.5, 0.6) is 0 Å². The smallest absolute Gasteiger partial charge is 0.337 e. The van der Waals surface area contributed by atoms with Gasteiger partial charge in [0.05, 0.1) is 5.69 Å². The molecule has 6 saturated carbocycles. The van der Waals surface area contributed by atoms with Gasteiger partial charge in [0.25, 0.3) is 0 Å². The molecular formula is C76H67BN2O2. The number of hydrogen-bond donors (Lipinski definition) is 0. The Labute approximate surface area is 474 Å². The Kier molecular flexibility index (Phi) is 9.08. The molecule has 0 N–H and O–H groups in total. The second-order valence-corrected chi connectivity index (χ2v) is 28.2. The molecule has 12 aromatic rings. The Hall–Kier alpha value is -7.50. The first-order valence-electron chi connectivity index (χ1n) is 31.1. The van der Waals surface area contributed by atoms with Gasteiger partial charge in [-0.25, -0.2) is 0 Å². The summed E-state index contributed by atoms with van der Waals surface area (Å²) in [5, 5.41) is 9.92. The molecule has 0 amide bonds. The predicted octanol–water partition coefficient (Wildman–Crippen LogP) is 19.5. The quantitative estimate of drug-likeness (QED) is 0.161. The monoisotopic (exact) mass is 1050 g/mol. The molecule has 2 unspecified atom stereocenters. The fraction of sp³-hybridized carbons (Fsp3) is 0.316. The molecule has 396 valence electrons. The van der Waals surface area contributed by atoms with E-state index in [2.05, 4.69) is 195 Å². The van der Waals surface area contributed by atoms with Crippen molar-refractivity contribution in [3.8, 4) is 22.3 Å². The highest BCUT2D eigenvalue weighted by Crippen LogP contribution is 2.63. The number of rotatable bonds is 5. The normalized spacial score (nSPS) is 25.2. The van der Waals surface area contributed by atoms with Crippen LogP contribution in [0, 0.1) is 29.6 Å².